The SMILES string of the molecule is CC(C)N1C(=O)C(N(C)C(=O)[C@@H](Cc2cccc(F)c2)NC(=O)OC(C)(C)C)CCc2cc(F)ccc21. The van der Waals surface area contributed by atoms with Crippen LogP contribution in [0.1, 0.15) is 52.2 Å². The highest BCUT2D eigenvalue weighted by molar-refractivity contribution is 6.01. The highest BCUT2D eigenvalue weighted by Crippen LogP contribution is 2.31. The Morgan fingerprint density at radius 3 is 2.43 bits per heavy atom. The highest BCUT2D eigenvalue weighted by atomic mass is 19.1. The van der Waals surface area contributed by atoms with Crippen LogP contribution in [0.2, 0.25) is 0 Å². The third kappa shape index (κ3) is 7.05. The maximum atomic E-state index is 14.0. The van der Waals surface area contributed by atoms with E-state index in [1.165, 1.54) is 42.3 Å². The van der Waals surface area contributed by atoms with Gasteiger partial charge in [0.25, 0.3) is 0 Å². The van der Waals surface area contributed by atoms with Crippen molar-refractivity contribution in [1.82, 2.24) is 10.2 Å². The van der Waals surface area contributed by atoms with Crippen LogP contribution in [0.5, 0.6) is 0 Å². The molecule has 0 fully saturated rings. The number of halogens is 2. The fourth-order valence-electron chi connectivity index (χ4n) is 4.53. The smallest absolute Gasteiger partial charge is 0.408 e. The zero-order valence-electron chi connectivity index (χ0n) is 22.2. The number of likely N-dealkylation sites (N-methyl/N-ethyl adjacent to an activating group) is 1. The van der Waals surface area contributed by atoms with Gasteiger partial charge in [0, 0.05) is 25.2 Å². The largest absolute Gasteiger partial charge is 0.444 e. The first-order valence-electron chi connectivity index (χ1n) is 12.4. The summed E-state index contributed by atoms with van der Waals surface area (Å²) in [5.74, 6) is -1.67. The fraction of sp³-hybridized carbons (Fsp3) is 0.464. The van der Waals surface area contributed by atoms with E-state index in [-0.39, 0.29) is 24.8 Å². The number of amides is 3. The molecule has 7 nitrogen and oxygen atoms in total. The second-order valence-electron chi connectivity index (χ2n) is 10.6. The van der Waals surface area contributed by atoms with E-state index >= 15 is 0 Å². The molecule has 2 aromatic carbocycles. The number of nitrogens with one attached hydrogen (secondary N) is 1. The van der Waals surface area contributed by atoms with Crippen molar-refractivity contribution in [3.05, 3.63) is 65.2 Å². The monoisotopic (exact) mass is 515 g/mol. The minimum Gasteiger partial charge on any atom is -0.444 e. The van der Waals surface area contributed by atoms with Crippen molar-refractivity contribution in [2.24, 2.45) is 0 Å². The predicted molar refractivity (Wildman–Crippen MR) is 137 cm³/mol. The molecule has 0 saturated carbocycles. The van der Waals surface area contributed by atoms with Crippen molar-refractivity contribution in [1.29, 1.82) is 0 Å². The van der Waals surface area contributed by atoms with Crippen LogP contribution in [0, 0.1) is 11.6 Å². The molecular weight excluding hydrogens is 480 g/mol. The van der Waals surface area contributed by atoms with Gasteiger partial charge in [0.05, 0.1) is 0 Å². The lowest BCUT2D eigenvalue weighted by Crippen LogP contribution is -2.56. The molecule has 1 unspecified atom stereocenters. The Balaban J connectivity index is 1.90. The van der Waals surface area contributed by atoms with Gasteiger partial charge in [-0.1, -0.05) is 12.1 Å². The Hall–Kier alpha value is -3.49. The summed E-state index contributed by atoms with van der Waals surface area (Å²) >= 11 is 0. The average molecular weight is 516 g/mol. The van der Waals surface area contributed by atoms with Crippen LogP contribution in [0.15, 0.2) is 42.5 Å². The Morgan fingerprint density at radius 1 is 1.14 bits per heavy atom. The number of anilines is 1. The lowest BCUT2D eigenvalue weighted by molar-refractivity contribution is -0.139. The first-order chi connectivity index (χ1) is 17.3. The minimum absolute atomic E-state index is 0.000415. The predicted octanol–water partition coefficient (Wildman–Crippen LogP) is 4.62. The fourth-order valence-corrected chi connectivity index (χ4v) is 4.53. The maximum absolute atomic E-state index is 14.0. The van der Waals surface area contributed by atoms with E-state index in [0.29, 0.717) is 23.2 Å². The first-order valence-corrected chi connectivity index (χ1v) is 12.4. The average Bonchev–Trinajstić information content (AvgIpc) is 2.92. The van der Waals surface area contributed by atoms with Crippen molar-refractivity contribution in [2.75, 3.05) is 11.9 Å². The second-order valence-corrected chi connectivity index (χ2v) is 10.6. The molecule has 1 N–H and O–H groups in total. The van der Waals surface area contributed by atoms with Gasteiger partial charge in [0.1, 0.15) is 29.3 Å². The molecular formula is C28H35F2N3O4. The quantitative estimate of drug-likeness (QED) is 0.609. The summed E-state index contributed by atoms with van der Waals surface area (Å²) in [4.78, 5) is 42.9. The summed E-state index contributed by atoms with van der Waals surface area (Å²) < 4.78 is 33.2. The molecule has 0 aliphatic carbocycles. The summed E-state index contributed by atoms with van der Waals surface area (Å²) in [5, 5.41) is 2.60. The molecule has 0 saturated heterocycles. The molecule has 0 aromatic heterocycles. The van der Waals surface area contributed by atoms with Crippen LogP contribution < -0.4 is 10.2 Å². The molecule has 1 aliphatic heterocycles. The zero-order valence-corrected chi connectivity index (χ0v) is 22.2. The van der Waals surface area contributed by atoms with Crippen LogP contribution in [-0.4, -0.2) is 53.6 Å². The van der Waals surface area contributed by atoms with Crippen LogP contribution in [0.3, 0.4) is 0 Å². The lowest BCUT2D eigenvalue weighted by atomic mass is 10.0. The van der Waals surface area contributed by atoms with E-state index in [1.54, 1.807) is 37.8 Å². The van der Waals surface area contributed by atoms with Crippen LogP contribution >= 0.6 is 0 Å². The number of alkyl carbamates (subject to hydrolysis) is 1. The number of benzene rings is 2. The topological polar surface area (TPSA) is 79.0 Å². The third-order valence-electron chi connectivity index (χ3n) is 6.16. The molecule has 2 aromatic rings. The van der Waals surface area contributed by atoms with Gasteiger partial charge in [0.15, 0.2) is 0 Å². The molecule has 0 bridgehead atoms. The normalized spacial score (nSPS) is 16.6. The molecule has 0 spiro atoms. The molecule has 200 valence electrons. The standard InChI is InChI=1S/C28H35F2N3O4/c1-17(2)33-23-13-11-21(30)16-19(23)10-12-24(26(33)35)32(6)25(34)22(31-27(36)37-28(3,4)5)15-18-8-7-9-20(29)14-18/h7-9,11,13-14,16-17,22,24H,10,12,15H2,1-6H3,(H,31,36)/t22-,24?/m1/s1. The number of rotatable bonds is 6. The summed E-state index contributed by atoms with van der Waals surface area (Å²) in [5.41, 5.74) is 1.02. The molecule has 3 rings (SSSR count). The third-order valence-corrected chi connectivity index (χ3v) is 6.16. The second kappa shape index (κ2) is 11.3. The summed E-state index contributed by atoms with van der Waals surface area (Å²) in [6.45, 7) is 8.81. The summed E-state index contributed by atoms with van der Waals surface area (Å²) in [6, 6.07) is 7.89. The molecule has 37 heavy (non-hydrogen) atoms. The van der Waals surface area contributed by atoms with Crippen molar-refractivity contribution in [3.8, 4) is 0 Å². The molecule has 1 aliphatic rings. The number of fused-ring (bicyclic) bond motifs is 1. The van der Waals surface area contributed by atoms with E-state index in [4.69, 9.17) is 4.74 Å². The number of aryl methyl sites for hydroxylation is 1. The lowest BCUT2D eigenvalue weighted by Gasteiger charge is -2.34. The van der Waals surface area contributed by atoms with Gasteiger partial charge in [-0.15, -0.1) is 0 Å². The molecule has 0 radical (unpaired) electrons. The number of carbonyl (C=O) groups is 3. The number of carbonyl (C=O) groups excluding carboxylic acids is 3. The van der Waals surface area contributed by atoms with E-state index in [1.807, 2.05) is 13.8 Å². The van der Waals surface area contributed by atoms with Gasteiger partial charge < -0.3 is 19.9 Å². The van der Waals surface area contributed by atoms with Crippen molar-refractivity contribution < 1.29 is 27.9 Å². The first kappa shape index (κ1) is 28.1. The number of ether oxygens (including phenoxy) is 1. The Kier molecular flexibility index (Phi) is 8.56. The van der Waals surface area contributed by atoms with Crippen LogP contribution in [-0.2, 0) is 27.2 Å². The number of hydrogen-bond acceptors (Lipinski definition) is 4. The van der Waals surface area contributed by atoms with Gasteiger partial charge in [0.2, 0.25) is 11.8 Å². The van der Waals surface area contributed by atoms with E-state index in [2.05, 4.69) is 5.32 Å². The zero-order chi connectivity index (χ0) is 27.5. The maximum Gasteiger partial charge on any atom is 0.408 e. The van der Waals surface area contributed by atoms with Gasteiger partial charge in [-0.25, -0.2) is 13.6 Å². The van der Waals surface area contributed by atoms with Crippen LogP contribution in [0.25, 0.3) is 0 Å². The van der Waals surface area contributed by atoms with Crippen LogP contribution in [0.4, 0.5) is 19.3 Å². The van der Waals surface area contributed by atoms with Gasteiger partial charge in [-0.3, -0.25) is 9.59 Å². The van der Waals surface area contributed by atoms with E-state index < -0.39 is 41.3 Å². The Bertz CT molecular complexity index is 1160. The van der Waals surface area contributed by atoms with Gasteiger partial charge in [-0.05, 0) is 88.9 Å². The van der Waals surface area contributed by atoms with Gasteiger partial charge in [-0.2, -0.15) is 0 Å². The van der Waals surface area contributed by atoms with Crippen molar-refractivity contribution >= 4 is 23.6 Å². The summed E-state index contributed by atoms with van der Waals surface area (Å²) in [7, 11) is 1.51. The molecule has 1 heterocycles. The molecule has 9 heteroatoms. The Morgan fingerprint density at radius 2 is 1.81 bits per heavy atom. The highest BCUT2D eigenvalue weighted by Gasteiger charge is 2.38. The molecule has 2 atom stereocenters. The van der Waals surface area contributed by atoms with E-state index in [0.717, 1.165) is 0 Å². The minimum atomic E-state index is -1.11. The van der Waals surface area contributed by atoms with Crippen molar-refractivity contribution in [2.45, 2.75) is 77.6 Å². The Labute approximate surface area is 216 Å². The summed E-state index contributed by atoms with van der Waals surface area (Å²) in [6.07, 6.45) is -0.131. The van der Waals surface area contributed by atoms with E-state index in [9.17, 15) is 23.2 Å². The number of nitrogens with zero attached hydrogens (tertiary/aromatic N) is 2. The number of hydrogen-bond donors (Lipinski definition) is 1. The van der Waals surface area contributed by atoms with Gasteiger partial charge >= 0.3 is 6.09 Å². The van der Waals surface area contributed by atoms with Crippen molar-refractivity contribution in [3.63, 3.8) is 0 Å². The molecule has 3 amide bonds.